The third kappa shape index (κ3) is 1.30. The molecule has 6 nitrogen and oxygen atoms in total. The summed E-state index contributed by atoms with van der Waals surface area (Å²) in [6.45, 7) is 0. The van der Waals surface area contributed by atoms with E-state index in [1.54, 1.807) is 0 Å². The first-order valence-corrected chi connectivity index (χ1v) is 3.15. The monoisotopic (exact) mass is 148 g/mol. The number of aryl methyl sites for hydroxylation is 1. The summed E-state index contributed by atoms with van der Waals surface area (Å²) in [6.07, 6.45) is 0. The number of aromatic nitrogens is 4. The largest absolute Gasteiger partial charge is 0.300 e. The molecule has 0 radical (unpaired) electrons. The van der Waals surface area contributed by atoms with Crippen LogP contribution in [0.2, 0.25) is 0 Å². The Morgan fingerprint density at radius 3 is 2.67 bits per heavy atom. The van der Waals surface area contributed by atoms with E-state index < -0.39 is 11.1 Å². The maximum absolute atomic E-state index is 10.1. The van der Waals surface area contributed by atoms with E-state index in [4.69, 9.17) is 4.55 Å². The van der Waals surface area contributed by atoms with Crippen LogP contribution in [0.5, 0.6) is 0 Å². The summed E-state index contributed by atoms with van der Waals surface area (Å²) in [4.78, 5) is 1.11. The van der Waals surface area contributed by atoms with Crippen molar-refractivity contribution < 1.29 is 8.76 Å². The predicted octanol–water partition coefficient (Wildman–Crippen LogP) is -1.21. The molecule has 0 fully saturated rings. The summed E-state index contributed by atoms with van der Waals surface area (Å²) in [5.74, 6) is 0. The highest BCUT2D eigenvalue weighted by Crippen LogP contribution is 1.88. The molecular weight excluding hydrogens is 144 g/mol. The molecule has 0 aliphatic rings. The molecule has 1 unspecified atom stereocenters. The zero-order chi connectivity index (χ0) is 6.85. The van der Waals surface area contributed by atoms with Gasteiger partial charge in [0.25, 0.3) is 5.16 Å². The van der Waals surface area contributed by atoms with E-state index in [1.165, 1.54) is 7.05 Å². The summed E-state index contributed by atoms with van der Waals surface area (Å²) in [7, 11) is 1.52. The van der Waals surface area contributed by atoms with Gasteiger partial charge in [-0.15, -0.1) is 5.10 Å². The molecule has 0 saturated carbocycles. The third-order valence-electron chi connectivity index (χ3n) is 0.646. The Morgan fingerprint density at radius 2 is 2.44 bits per heavy atom. The SMILES string of the molecule is Cn1nnc(S(=O)O)n1. The maximum Gasteiger partial charge on any atom is 0.288 e. The molecule has 7 heteroatoms. The van der Waals surface area contributed by atoms with Gasteiger partial charge < -0.3 is 0 Å². The molecule has 0 amide bonds. The van der Waals surface area contributed by atoms with Gasteiger partial charge in [0.2, 0.25) is 11.1 Å². The summed E-state index contributed by atoms with van der Waals surface area (Å²) < 4.78 is 18.5. The molecule has 1 heterocycles. The minimum Gasteiger partial charge on any atom is -0.300 e. The number of hydrogen-bond acceptors (Lipinski definition) is 4. The van der Waals surface area contributed by atoms with E-state index in [1.807, 2.05) is 0 Å². The zero-order valence-corrected chi connectivity index (χ0v) is 5.37. The van der Waals surface area contributed by atoms with Gasteiger partial charge in [0, 0.05) is 0 Å². The van der Waals surface area contributed by atoms with E-state index >= 15 is 0 Å². The number of nitrogens with zero attached hydrogens (tertiary/aromatic N) is 4. The Kier molecular flexibility index (Phi) is 1.54. The first-order chi connectivity index (χ1) is 4.20. The number of tetrazole rings is 1. The summed E-state index contributed by atoms with van der Waals surface area (Å²) >= 11 is -2.11. The van der Waals surface area contributed by atoms with Gasteiger partial charge >= 0.3 is 0 Å². The van der Waals surface area contributed by atoms with Crippen molar-refractivity contribution in [3.8, 4) is 0 Å². The van der Waals surface area contributed by atoms with Crippen LogP contribution in [0.15, 0.2) is 5.16 Å². The molecule has 0 spiro atoms. The fourth-order valence-electron chi connectivity index (χ4n) is 0.337. The molecule has 0 aromatic carbocycles. The zero-order valence-electron chi connectivity index (χ0n) is 4.55. The van der Waals surface area contributed by atoms with Gasteiger partial charge in [-0.05, 0) is 5.21 Å². The van der Waals surface area contributed by atoms with E-state index in [2.05, 4.69) is 15.4 Å². The lowest BCUT2D eigenvalue weighted by molar-refractivity contribution is 0.552. The van der Waals surface area contributed by atoms with Crippen molar-refractivity contribution in [2.24, 2.45) is 7.05 Å². The minimum absolute atomic E-state index is 0.169. The fourth-order valence-corrected chi connectivity index (χ4v) is 0.631. The van der Waals surface area contributed by atoms with E-state index in [0.717, 1.165) is 4.80 Å². The van der Waals surface area contributed by atoms with Crippen LogP contribution < -0.4 is 0 Å². The smallest absolute Gasteiger partial charge is 0.288 e. The van der Waals surface area contributed by atoms with Crippen LogP contribution in [0.1, 0.15) is 0 Å². The van der Waals surface area contributed by atoms with E-state index in [9.17, 15) is 4.21 Å². The molecule has 0 bridgehead atoms. The Labute approximate surface area is 53.2 Å². The quantitative estimate of drug-likeness (QED) is 0.505. The van der Waals surface area contributed by atoms with Crippen molar-refractivity contribution in [3.05, 3.63) is 0 Å². The average Bonchev–Trinajstić information content (AvgIpc) is 2.14. The van der Waals surface area contributed by atoms with Gasteiger partial charge in [-0.2, -0.15) is 4.80 Å². The number of rotatable bonds is 1. The lowest BCUT2D eigenvalue weighted by Gasteiger charge is -1.78. The fraction of sp³-hybridized carbons (Fsp3) is 0.500. The molecule has 50 valence electrons. The topological polar surface area (TPSA) is 80.9 Å². The normalized spacial score (nSPS) is 13.6. The second kappa shape index (κ2) is 2.19. The number of hydrogen-bond donors (Lipinski definition) is 1. The highest BCUT2D eigenvalue weighted by atomic mass is 32.2. The van der Waals surface area contributed by atoms with Gasteiger partial charge in [-0.3, -0.25) is 4.55 Å². The molecule has 0 aliphatic heterocycles. The molecule has 1 atom stereocenters. The summed E-state index contributed by atoms with van der Waals surface area (Å²) in [6, 6.07) is 0. The van der Waals surface area contributed by atoms with Gasteiger partial charge in [-0.1, -0.05) is 5.10 Å². The van der Waals surface area contributed by atoms with Crippen molar-refractivity contribution in [1.29, 1.82) is 0 Å². The summed E-state index contributed by atoms with van der Waals surface area (Å²) in [5, 5.41) is 9.89. The van der Waals surface area contributed by atoms with Gasteiger partial charge in [0.15, 0.2) is 0 Å². The van der Waals surface area contributed by atoms with Gasteiger partial charge in [-0.25, -0.2) is 4.21 Å². The first-order valence-electron chi connectivity index (χ1n) is 2.05. The van der Waals surface area contributed by atoms with Crippen LogP contribution in [0, 0.1) is 0 Å². The second-order valence-electron chi connectivity index (χ2n) is 1.31. The van der Waals surface area contributed by atoms with Crippen molar-refractivity contribution in [1.82, 2.24) is 20.2 Å². The third-order valence-corrected chi connectivity index (χ3v) is 1.12. The predicted molar refractivity (Wildman–Crippen MR) is 27.8 cm³/mol. The second-order valence-corrected chi connectivity index (χ2v) is 2.17. The molecule has 1 aromatic rings. The van der Waals surface area contributed by atoms with Gasteiger partial charge in [0.05, 0.1) is 7.05 Å². The summed E-state index contributed by atoms with van der Waals surface area (Å²) in [5.41, 5.74) is 0. The highest BCUT2D eigenvalue weighted by molar-refractivity contribution is 7.79. The van der Waals surface area contributed by atoms with Gasteiger partial charge in [0.1, 0.15) is 0 Å². The molecule has 1 N–H and O–H groups in total. The van der Waals surface area contributed by atoms with Crippen molar-refractivity contribution in [3.63, 3.8) is 0 Å². The van der Waals surface area contributed by atoms with E-state index in [0.29, 0.717) is 0 Å². The Morgan fingerprint density at radius 1 is 1.78 bits per heavy atom. The Balaban J connectivity index is 2.98. The Bertz CT molecular complexity index is 232. The van der Waals surface area contributed by atoms with Crippen LogP contribution in [0.25, 0.3) is 0 Å². The van der Waals surface area contributed by atoms with Crippen LogP contribution in [-0.2, 0) is 18.1 Å². The van der Waals surface area contributed by atoms with Crippen LogP contribution in [0.3, 0.4) is 0 Å². The molecular formula is C2H4N4O2S. The minimum atomic E-state index is -2.11. The average molecular weight is 148 g/mol. The molecule has 9 heavy (non-hydrogen) atoms. The van der Waals surface area contributed by atoms with E-state index in [-0.39, 0.29) is 5.16 Å². The molecule has 0 aliphatic carbocycles. The standard InChI is InChI=1S/C2H4N4O2S/c1-6-4-2(3-5-6)9(7)8/h1H3,(H,7,8). The lowest BCUT2D eigenvalue weighted by Crippen LogP contribution is -1.94. The highest BCUT2D eigenvalue weighted by Gasteiger charge is 2.04. The van der Waals surface area contributed by atoms with Crippen molar-refractivity contribution in [2.75, 3.05) is 0 Å². The van der Waals surface area contributed by atoms with Crippen molar-refractivity contribution >= 4 is 11.1 Å². The molecule has 0 saturated heterocycles. The molecule has 1 aromatic heterocycles. The lowest BCUT2D eigenvalue weighted by atomic mass is 11.4. The first kappa shape index (κ1) is 6.30. The molecule has 1 rings (SSSR count). The van der Waals surface area contributed by atoms with Crippen molar-refractivity contribution in [2.45, 2.75) is 5.16 Å². The maximum atomic E-state index is 10.1. The van der Waals surface area contributed by atoms with Crippen LogP contribution in [0.4, 0.5) is 0 Å². The van der Waals surface area contributed by atoms with Crippen LogP contribution in [-0.4, -0.2) is 29.0 Å². The Hall–Kier alpha value is -0.820. The van der Waals surface area contributed by atoms with Crippen LogP contribution >= 0.6 is 0 Å².